The Morgan fingerprint density at radius 2 is 2.27 bits per heavy atom. The van der Waals surface area contributed by atoms with E-state index in [0.29, 0.717) is 6.42 Å². The highest BCUT2D eigenvalue weighted by Crippen LogP contribution is 2.14. The number of aliphatic hydroxyl groups excluding tert-OH is 1. The Labute approximate surface area is 97.5 Å². The highest BCUT2D eigenvalue weighted by atomic mass is 32.2. The van der Waals surface area contributed by atoms with Crippen molar-refractivity contribution in [2.24, 2.45) is 0 Å². The van der Waals surface area contributed by atoms with Crippen molar-refractivity contribution in [1.82, 2.24) is 5.32 Å². The molecule has 3 N–H and O–H groups in total. The third-order valence-corrected chi connectivity index (χ3v) is 3.02. The van der Waals surface area contributed by atoms with Gasteiger partial charge in [-0.25, -0.2) is 4.79 Å². The number of hydrogen-bond acceptors (Lipinski definition) is 4. The van der Waals surface area contributed by atoms with Gasteiger partial charge in [0.1, 0.15) is 6.04 Å². The molecule has 0 aliphatic heterocycles. The Kier molecular flexibility index (Phi) is 4.76. The zero-order valence-corrected chi connectivity index (χ0v) is 9.21. The summed E-state index contributed by atoms with van der Waals surface area (Å²) in [6.07, 6.45) is 0.504. The van der Waals surface area contributed by atoms with Gasteiger partial charge >= 0.3 is 5.97 Å². The molecule has 0 spiro atoms. The van der Waals surface area contributed by atoms with Crippen molar-refractivity contribution in [3.63, 3.8) is 0 Å². The molecule has 0 saturated carbocycles. The summed E-state index contributed by atoms with van der Waals surface area (Å²) in [7, 11) is 0. The van der Waals surface area contributed by atoms with Crippen molar-refractivity contribution in [3.8, 4) is 0 Å². The molecular formula is C9H17NO4S. The first-order valence-corrected chi connectivity index (χ1v) is 5.49. The summed E-state index contributed by atoms with van der Waals surface area (Å²) in [5.74, 6) is -2.50. The van der Waals surface area contributed by atoms with Crippen LogP contribution in [0.4, 0.5) is 0 Å². The Morgan fingerprint density at radius 3 is 2.73 bits per heavy atom. The maximum absolute atomic E-state index is 11.2. The van der Waals surface area contributed by atoms with Gasteiger partial charge in [-0.2, -0.15) is 11.8 Å². The van der Waals surface area contributed by atoms with Gasteiger partial charge in [0.15, 0.2) is 0 Å². The zero-order chi connectivity index (χ0) is 14.3. The van der Waals surface area contributed by atoms with E-state index in [-0.39, 0.29) is 17.6 Å². The van der Waals surface area contributed by atoms with Crippen molar-refractivity contribution in [2.45, 2.75) is 31.5 Å². The van der Waals surface area contributed by atoms with E-state index in [2.05, 4.69) is 0 Å². The number of rotatable bonds is 7. The van der Waals surface area contributed by atoms with E-state index in [1.807, 2.05) is 12.2 Å². The normalized spacial score (nSPS) is 18.1. The van der Waals surface area contributed by atoms with Crippen LogP contribution in [0.2, 0.25) is 0 Å². The summed E-state index contributed by atoms with van der Waals surface area (Å²) >= 11 is 1.25. The summed E-state index contributed by atoms with van der Waals surface area (Å²) in [6.45, 7) is -1.05. The van der Waals surface area contributed by atoms with E-state index in [1.54, 1.807) is 0 Å². The number of carbonyl (C=O) groups is 2. The molecule has 0 aromatic rings. The van der Waals surface area contributed by atoms with Crippen molar-refractivity contribution in [3.05, 3.63) is 0 Å². The van der Waals surface area contributed by atoms with Crippen LogP contribution in [0.1, 0.15) is 24.3 Å². The van der Waals surface area contributed by atoms with E-state index >= 15 is 0 Å². The van der Waals surface area contributed by atoms with Crippen LogP contribution in [0.15, 0.2) is 0 Å². The summed E-state index contributed by atoms with van der Waals surface area (Å²) in [4.78, 5) is 22.0. The molecule has 0 bridgehead atoms. The fourth-order valence-corrected chi connectivity index (χ4v) is 1.88. The van der Waals surface area contributed by atoms with Gasteiger partial charge in [0.05, 0.1) is 0 Å². The zero-order valence-electron chi connectivity index (χ0n) is 11.4. The molecule has 2 atom stereocenters. The predicted octanol–water partition coefficient (Wildman–Crippen LogP) is 0.0798. The number of aliphatic hydroxyl groups is 1. The van der Waals surface area contributed by atoms with Crippen LogP contribution >= 0.6 is 11.8 Å². The molecule has 0 radical (unpaired) electrons. The van der Waals surface area contributed by atoms with Gasteiger partial charge < -0.3 is 15.5 Å². The smallest absolute Gasteiger partial charge is 0.327 e. The van der Waals surface area contributed by atoms with E-state index in [4.69, 9.17) is 14.3 Å². The molecule has 0 fully saturated rings. The van der Waals surface area contributed by atoms with Crippen LogP contribution in [0.5, 0.6) is 0 Å². The van der Waals surface area contributed by atoms with Crippen LogP contribution in [-0.2, 0) is 9.59 Å². The number of carboxylic acids is 1. The topological polar surface area (TPSA) is 86.6 Å². The second-order valence-electron chi connectivity index (χ2n) is 3.02. The molecule has 88 valence electrons. The Morgan fingerprint density at radius 1 is 1.60 bits per heavy atom. The number of thioether (sulfide) groups is 1. The maximum atomic E-state index is 11.2. The first-order valence-electron chi connectivity index (χ1n) is 5.94. The molecule has 1 unspecified atom stereocenters. The molecule has 15 heavy (non-hydrogen) atoms. The van der Waals surface area contributed by atoms with Gasteiger partial charge in [-0.1, -0.05) is 6.92 Å². The summed E-state index contributed by atoms with van der Waals surface area (Å²) in [6, 6.07) is -1.25. The summed E-state index contributed by atoms with van der Waals surface area (Å²) in [5.41, 5.74) is 0. The minimum absolute atomic E-state index is 0.00641. The monoisotopic (exact) mass is 238 g/mol. The fraction of sp³-hybridized carbons (Fsp3) is 0.778. The number of carboxylic acid groups (broad SMARTS) is 1. The van der Waals surface area contributed by atoms with Gasteiger partial charge in [-0.05, 0) is 6.42 Å². The molecule has 0 aromatic carbocycles. The lowest BCUT2D eigenvalue weighted by Gasteiger charge is -2.15. The van der Waals surface area contributed by atoms with Crippen LogP contribution in [-0.4, -0.2) is 45.7 Å². The van der Waals surface area contributed by atoms with Crippen molar-refractivity contribution in [2.75, 3.05) is 12.4 Å². The second kappa shape index (κ2) is 7.53. The van der Waals surface area contributed by atoms with Crippen molar-refractivity contribution in [1.29, 1.82) is 0 Å². The van der Waals surface area contributed by atoms with Crippen LogP contribution in [0, 0.1) is 0 Å². The minimum atomic E-state index is -2.85. The van der Waals surface area contributed by atoms with E-state index in [1.165, 1.54) is 11.8 Å². The number of carbonyl (C=O) groups excluding carboxylic acids is 1. The number of aliphatic carboxylic acids is 1. The predicted molar refractivity (Wildman–Crippen MR) is 58.9 cm³/mol. The lowest BCUT2D eigenvalue weighted by molar-refractivity contribution is -0.140. The van der Waals surface area contributed by atoms with Crippen LogP contribution in [0.25, 0.3) is 0 Å². The molecule has 0 rings (SSSR count). The summed E-state index contributed by atoms with van der Waals surface area (Å²) < 4.78 is 20.5. The number of nitrogens with one attached hydrogen (secondary N) is 1. The molecule has 6 heteroatoms. The standard InChI is InChI=1S/C9H17NO4S/c1-6(3-4-11)15-5-8(9(13)14)10-7(2)12/h6,8,11H,3-5H2,1-2H3,(H,10,12)(H,13,14)/t6?,8-/m0/s1/i2D3. The van der Waals surface area contributed by atoms with Gasteiger partial charge in [0, 0.05) is 28.6 Å². The van der Waals surface area contributed by atoms with E-state index in [0.717, 1.165) is 0 Å². The third-order valence-electron chi connectivity index (χ3n) is 1.69. The van der Waals surface area contributed by atoms with Crippen molar-refractivity contribution < 1.29 is 23.9 Å². The largest absolute Gasteiger partial charge is 0.480 e. The molecule has 0 heterocycles. The molecule has 5 nitrogen and oxygen atoms in total. The van der Waals surface area contributed by atoms with Crippen LogP contribution in [0.3, 0.4) is 0 Å². The SMILES string of the molecule is [2H]C([2H])([2H])C(=O)N[C@@H](CSC(C)CCO)C(=O)O. The van der Waals surface area contributed by atoms with Gasteiger partial charge in [0.25, 0.3) is 0 Å². The van der Waals surface area contributed by atoms with Gasteiger partial charge in [0.2, 0.25) is 5.91 Å². The number of hydrogen-bond donors (Lipinski definition) is 3. The highest BCUT2D eigenvalue weighted by Gasteiger charge is 2.19. The Balaban J connectivity index is 4.33. The molecule has 0 aliphatic carbocycles. The lowest BCUT2D eigenvalue weighted by atomic mass is 10.3. The highest BCUT2D eigenvalue weighted by molar-refractivity contribution is 7.99. The van der Waals surface area contributed by atoms with E-state index in [9.17, 15) is 9.59 Å². The quantitative estimate of drug-likeness (QED) is 0.585. The average Bonchev–Trinajstić information content (AvgIpc) is 2.22. The van der Waals surface area contributed by atoms with Gasteiger partial charge in [-0.15, -0.1) is 0 Å². The third kappa shape index (κ3) is 7.21. The second-order valence-corrected chi connectivity index (χ2v) is 4.49. The minimum Gasteiger partial charge on any atom is -0.480 e. The fourth-order valence-electron chi connectivity index (χ4n) is 0.859. The Hall–Kier alpha value is -0.750. The first-order chi connectivity index (χ1) is 8.18. The van der Waals surface area contributed by atoms with Crippen molar-refractivity contribution >= 4 is 23.6 Å². The van der Waals surface area contributed by atoms with Crippen LogP contribution < -0.4 is 5.32 Å². The average molecular weight is 238 g/mol. The molecule has 0 aliphatic rings. The van der Waals surface area contributed by atoms with E-state index < -0.39 is 24.8 Å². The molecule has 0 saturated heterocycles. The molecule has 0 aromatic heterocycles. The Bertz CT molecular complexity index is 298. The van der Waals surface area contributed by atoms with Gasteiger partial charge in [-0.3, -0.25) is 4.79 Å². The first kappa shape index (κ1) is 9.47. The summed E-state index contributed by atoms with van der Waals surface area (Å²) in [5, 5.41) is 19.6. The molecular weight excluding hydrogens is 218 g/mol. The number of amides is 1. The molecule has 1 amide bonds. The maximum Gasteiger partial charge on any atom is 0.327 e. The lowest BCUT2D eigenvalue weighted by Crippen LogP contribution is -2.41.